The van der Waals surface area contributed by atoms with Gasteiger partial charge in [-0.3, -0.25) is 0 Å². The Morgan fingerprint density at radius 2 is 2.25 bits per heavy atom. The highest BCUT2D eigenvalue weighted by Gasteiger charge is 2.30. The summed E-state index contributed by atoms with van der Waals surface area (Å²) in [5, 5.41) is 20.6. The SMILES string of the molecule is CSCC[C@@H](NC(=O)N1CCCC1CCCO)C(=O)O. The number of aliphatic hydroxyl groups excluding tert-OH is 1. The van der Waals surface area contributed by atoms with E-state index >= 15 is 0 Å². The average molecular weight is 304 g/mol. The number of carboxylic acid groups (broad SMARTS) is 1. The first kappa shape index (κ1) is 17.1. The van der Waals surface area contributed by atoms with Gasteiger partial charge in [-0.15, -0.1) is 0 Å². The molecule has 1 unspecified atom stereocenters. The van der Waals surface area contributed by atoms with Gasteiger partial charge in [0.15, 0.2) is 0 Å². The molecule has 1 fully saturated rings. The number of urea groups is 1. The fraction of sp³-hybridized carbons (Fsp3) is 0.846. The van der Waals surface area contributed by atoms with Crippen LogP contribution in [0.25, 0.3) is 0 Å². The van der Waals surface area contributed by atoms with Crippen LogP contribution in [0, 0.1) is 0 Å². The van der Waals surface area contributed by atoms with Crippen LogP contribution < -0.4 is 5.32 Å². The van der Waals surface area contributed by atoms with Gasteiger partial charge in [-0.25, -0.2) is 9.59 Å². The van der Waals surface area contributed by atoms with Gasteiger partial charge in [0, 0.05) is 19.2 Å². The molecule has 0 saturated carbocycles. The van der Waals surface area contributed by atoms with Crippen LogP contribution in [0.1, 0.15) is 32.1 Å². The number of hydrogen-bond acceptors (Lipinski definition) is 4. The lowest BCUT2D eigenvalue weighted by Crippen LogP contribution is -2.49. The zero-order valence-electron chi connectivity index (χ0n) is 11.9. The van der Waals surface area contributed by atoms with E-state index < -0.39 is 12.0 Å². The van der Waals surface area contributed by atoms with Gasteiger partial charge in [0.05, 0.1) is 0 Å². The number of carbonyl (C=O) groups excluding carboxylic acids is 1. The van der Waals surface area contributed by atoms with Crippen LogP contribution in [0.4, 0.5) is 4.79 Å². The Morgan fingerprint density at radius 3 is 2.85 bits per heavy atom. The second-order valence-corrected chi connectivity index (χ2v) is 5.96. The number of nitrogens with one attached hydrogen (secondary N) is 1. The van der Waals surface area contributed by atoms with E-state index in [1.165, 1.54) is 0 Å². The Kier molecular flexibility index (Phi) is 7.76. The molecule has 0 radical (unpaired) electrons. The number of nitrogens with zero attached hydrogens (tertiary/aromatic N) is 1. The predicted molar refractivity (Wildman–Crippen MR) is 79.0 cm³/mol. The Hall–Kier alpha value is -0.950. The number of aliphatic carboxylic acids is 1. The van der Waals surface area contributed by atoms with Crippen LogP contribution in [0.3, 0.4) is 0 Å². The van der Waals surface area contributed by atoms with Crippen molar-refractivity contribution in [1.29, 1.82) is 0 Å². The van der Waals surface area contributed by atoms with Crippen molar-refractivity contribution in [2.45, 2.75) is 44.2 Å². The minimum atomic E-state index is -0.987. The number of carboxylic acids is 1. The Bertz CT molecular complexity index is 327. The molecule has 0 bridgehead atoms. The standard InChI is InChI=1S/C13H24N2O4S/c1-20-9-6-11(12(17)18)14-13(19)15-7-2-4-10(15)5-3-8-16/h10-11,16H,2-9H2,1H3,(H,14,19)(H,17,18)/t10?,11-/m1/s1. The van der Waals surface area contributed by atoms with E-state index in [1.807, 2.05) is 6.26 Å². The number of carbonyl (C=O) groups is 2. The minimum absolute atomic E-state index is 0.122. The molecule has 1 heterocycles. The van der Waals surface area contributed by atoms with Crippen molar-refractivity contribution >= 4 is 23.8 Å². The monoisotopic (exact) mass is 304 g/mol. The van der Waals surface area contributed by atoms with Gasteiger partial charge in [-0.1, -0.05) is 0 Å². The van der Waals surface area contributed by atoms with Gasteiger partial charge in [0.25, 0.3) is 0 Å². The number of thioether (sulfide) groups is 1. The van der Waals surface area contributed by atoms with Crippen LogP contribution >= 0.6 is 11.8 Å². The third-order valence-electron chi connectivity index (χ3n) is 3.54. The van der Waals surface area contributed by atoms with Crippen molar-refractivity contribution < 1.29 is 19.8 Å². The van der Waals surface area contributed by atoms with E-state index in [2.05, 4.69) is 5.32 Å². The zero-order chi connectivity index (χ0) is 15.0. The van der Waals surface area contributed by atoms with Gasteiger partial charge in [0.1, 0.15) is 6.04 Å². The highest BCUT2D eigenvalue weighted by atomic mass is 32.2. The largest absolute Gasteiger partial charge is 0.480 e. The fourth-order valence-corrected chi connectivity index (χ4v) is 2.93. The topological polar surface area (TPSA) is 89.9 Å². The molecule has 0 aromatic rings. The quantitative estimate of drug-likeness (QED) is 0.625. The lowest BCUT2D eigenvalue weighted by atomic mass is 10.1. The number of aliphatic hydroxyl groups is 1. The molecule has 20 heavy (non-hydrogen) atoms. The maximum Gasteiger partial charge on any atom is 0.326 e. The summed E-state index contributed by atoms with van der Waals surface area (Å²) in [6.45, 7) is 0.786. The molecule has 0 aromatic heterocycles. The molecule has 116 valence electrons. The summed E-state index contributed by atoms with van der Waals surface area (Å²) in [7, 11) is 0. The lowest BCUT2D eigenvalue weighted by Gasteiger charge is -2.26. The summed E-state index contributed by atoms with van der Waals surface area (Å²) >= 11 is 1.56. The van der Waals surface area contributed by atoms with Crippen LogP contribution in [-0.2, 0) is 4.79 Å². The molecule has 1 saturated heterocycles. The molecule has 7 heteroatoms. The van der Waals surface area contributed by atoms with Crippen LogP contribution in [-0.4, -0.2) is 64.4 Å². The number of hydrogen-bond donors (Lipinski definition) is 3. The van der Waals surface area contributed by atoms with Gasteiger partial charge in [0.2, 0.25) is 0 Å². The number of likely N-dealkylation sites (tertiary alicyclic amines) is 1. The molecule has 1 rings (SSSR count). The van der Waals surface area contributed by atoms with E-state index in [-0.39, 0.29) is 18.7 Å². The predicted octanol–water partition coefficient (Wildman–Crippen LogP) is 1.14. The summed E-state index contributed by atoms with van der Waals surface area (Å²) in [4.78, 5) is 25.0. The second-order valence-electron chi connectivity index (χ2n) is 4.98. The fourth-order valence-electron chi connectivity index (χ4n) is 2.46. The molecule has 6 nitrogen and oxygen atoms in total. The molecular formula is C13H24N2O4S. The van der Waals surface area contributed by atoms with Gasteiger partial charge in [-0.2, -0.15) is 11.8 Å². The molecule has 0 aromatic carbocycles. The van der Waals surface area contributed by atoms with Crippen LogP contribution in [0.15, 0.2) is 0 Å². The van der Waals surface area contributed by atoms with Gasteiger partial charge >= 0.3 is 12.0 Å². The second kappa shape index (κ2) is 9.07. The summed E-state index contributed by atoms with van der Waals surface area (Å²) in [6, 6.07) is -0.995. The molecular weight excluding hydrogens is 280 g/mol. The van der Waals surface area contributed by atoms with Gasteiger partial charge in [-0.05, 0) is 44.1 Å². The van der Waals surface area contributed by atoms with Crippen molar-refractivity contribution in [2.75, 3.05) is 25.2 Å². The number of amides is 2. The van der Waals surface area contributed by atoms with Crippen LogP contribution in [0.5, 0.6) is 0 Å². The Morgan fingerprint density at radius 1 is 1.50 bits per heavy atom. The normalized spacial score (nSPS) is 19.9. The lowest BCUT2D eigenvalue weighted by molar-refractivity contribution is -0.139. The van der Waals surface area contributed by atoms with E-state index in [0.29, 0.717) is 25.1 Å². The highest BCUT2D eigenvalue weighted by molar-refractivity contribution is 7.98. The van der Waals surface area contributed by atoms with Gasteiger partial charge < -0.3 is 20.4 Å². The minimum Gasteiger partial charge on any atom is -0.480 e. The summed E-state index contributed by atoms with van der Waals surface area (Å²) < 4.78 is 0. The van der Waals surface area contributed by atoms with Crippen molar-refractivity contribution in [3.63, 3.8) is 0 Å². The maximum atomic E-state index is 12.2. The van der Waals surface area contributed by atoms with Crippen molar-refractivity contribution in [3.05, 3.63) is 0 Å². The van der Waals surface area contributed by atoms with E-state index in [1.54, 1.807) is 16.7 Å². The van der Waals surface area contributed by atoms with E-state index in [4.69, 9.17) is 10.2 Å². The van der Waals surface area contributed by atoms with E-state index in [0.717, 1.165) is 19.3 Å². The Balaban J connectivity index is 2.51. The molecule has 2 atom stereocenters. The molecule has 0 aliphatic carbocycles. The Labute approximate surface area is 123 Å². The summed E-state index contributed by atoms with van der Waals surface area (Å²) in [5.41, 5.74) is 0. The molecule has 1 aliphatic rings. The van der Waals surface area contributed by atoms with E-state index in [9.17, 15) is 9.59 Å². The van der Waals surface area contributed by atoms with Crippen molar-refractivity contribution in [1.82, 2.24) is 10.2 Å². The third kappa shape index (κ3) is 5.20. The first-order valence-electron chi connectivity index (χ1n) is 7.00. The first-order chi connectivity index (χ1) is 9.60. The molecule has 1 aliphatic heterocycles. The molecule has 0 spiro atoms. The zero-order valence-corrected chi connectivity index (χ0v) is 12.7. The molecule has 2 amide bonds. The first-order valence-corrected chi connectivity index (χ1v) is 8.39. The van der Waals surface area contributed by atoms with Crippen LogP contribution in [0.2, 0.25) is 0 Å². The smallest absolute Gasteiger partial charge is 0.326 e. The number of rotatable bonds is 8. The molecule has 3 N–H and O–H groups in total. The summed E-state index contributed by atoms with van der Waals surface area (Å²) in [5.74, 6) is -0.288. The summed E-state index contributed by atoms with van der Waals surface area (Å²) in [6.07, 6.45) is 5.64. The highest BCUT2D eigenvalue weighted by Crippen LogP contribution is 2.21. The third-order valence-corrected chi connectivity index (χ3v) is 4.18. The van der Waals surface area contributed by atoms with Crippen molar-refractivity contribution in [3.8, 4) is 0 Å². The maximum absolute atomic E-state index is 12.2. The average Bonchev–Trinajstić information content (AvgIpc) is 2.89. The van der Waals surface area contributed by atoms with Crippen molar-refractivity contribution in [2.24, 2.45) is 0 Å².